The van der Waals surface area contributed by atoms with Gasteiger partial charge in [-0.05, 0) is 80.6 Å². The van der Waals surface area contributed by atoms with Crippen LogP contribution in [0.2, 0.25) is 0 Å². The van der Waals surface area contributed by atoms with Crippen LogP contribution in [0.4, 0.5) is 11.4 Å². The Hall–Kier alpha value is -2.38. The van der Waals surface area contributed by atoms with E-state index >= 15 is 0 Å². The second-order valence-corrected chi connectivity index (χ2v) is 10.3. The molecule has 31 heavy (non-hydrogen) atoms. The molecule has 2 fully saturated rings. The first-order valence-electron chi connectivity index (χ1n) is 11.3. The third-order valence-electron chi connectivity index (χ3n) is 6.17. The van der Waals surface area contributed by atoms with E-state index in [1.165, 1.54) is 19.3 Å². The van der Waals surface area contributed by atoms with E-state index in [1.807, 2.05) is 24.3 Å². The van der Waals surface area contributed by atoms with Crippen LogP contribution in [-0.4, -0.2) is 44.8 Å². The van der Waals surface area contributed by atoms with Gasteiger partial charge in [0.2, 0.25) is 10.0 Å². The Bertz CT molecular complexity index is 974. The molecule has 0 bridgehead atoms. The van der Waals surface area contributed by atoms with Gasteiger partial charge < -0.3 is 10.2 Å². The van der Waals surface area contributed by atoms with Crippen LogP contribution in [0, 0.1) is 0 Å². The highest BCUT2D eigenvalue weighted by atomic mass is 32.2. The maximum atomic E-state index is 12.9. The summed E-state index contributed by atoms with van der Waals surface area (Å²) < 4.78 is 27.4. The molecule has 1 N–H and O–H groups in total. The highest BCUT2D eigenvalue weighted by Gasteiger charge is 2.25. The van der Waals surface area contributed by atoms with Gasteiger partial charge in [0.1, 0.15) is 0 Å². The van der Waals surface area contributed by atoms with Gasteiger partial charge in [-0.2, -0.15) is 4.31 Å². The normalized spacial score (nSPS) is 18.4. The van der Waals surface area contributed by atoms with Crippen molar-refractivity contribution < 1.29 is 13.2 Å². The number of nitrogens with zero attached hydrogens (tertiary/aromatic N) is 2. The van der Waals surface area contributed by atoms with E-state index in [1.54, 1.807) is 28.6 Å². The predicted molar refractivity (Wildman–Crippen MR) is 124 cm³/mol. The Morgan fingerprint density at radius 3 is 1.87 bits per heavy atom. The van der Waals surface area contributed by atoms with Crippen LogP contribution in [0.15, 0.2) is 53.4 Å². The number of carbonyl (C=O) groups is 1. The molecule has 6 nitrogen and oxygen atoms in total. The zero-order valence-electron chi connectivity index (χ0n) is 17.9. The molecule has 0 atom stereocenters. The fraction of sp³-hybridized carbons (Fsp3) is 0.458. The second-order valence-electron chi connectivity index (χ2n) is 8.39. The minimum Gasteiger partial charge on any atom is -0.372 e. The van der Waals surface area contributed by atoms with Gasteiger partial charge in [-0.1, -0.05) is 12.8 Å². The first-order chi connectivity index (χ1) is 15.0. The molecule has 0 radical (unpaired) electrons. The lowest BCUT2D eigenvalue weighted by atomic mass is 10.1. The van der Waals surface area contributed by atoms with Crippen molar-refractivity contribution in [2.45, 2.75) is 49.8 Å². The Labute approximate surface area is 185 Å². The Balaban J connectivity index is 1.39. The molecule has 2 saturated heterocycles. The fourth-order valence-corrected chi connectivity index (χ4v) is 5.84. The number of benzene rings is 2. The number of sulfonamides is 1. The minimum atomic E-state index is -3.48. The Morgan fingerprint density at radius 1 is 0.710 bits per heavy atom. The van der Waals surface area contributed by atoms with E-state index in [0.717, 1.165) is 44.5 Å². The summed E-state index contributed by atoms with van der Waals surface area (Å²) in [6.07, 6.45) is 7.69. The molecule has 0 aliphatic carbocycles. The molecule has 2 aromatic rings. The number of nitrogens with one attached hydrogen (secondary N) is 1. The number of anilines is 2. The summed E-state index contributed by atoms with van der Waals surface area (Å²) in [7, 11) is -3.48. The van der Waals surface area contributed by atoms with Crippen molar-refractivity contribution in [2.24, 2.45) is 0 Å². The molecule has 2 heterocycles. The number of amides is 1. The first kappa shape index (κ1) is 21.8. The third-order valence-corrected chi connectivity index (χ3v) is 8.08. The second kappa shape index (κ2) is 9.83. The lowest BCUT2D eigenvalue weighted by molar-refractivity contribution is 0.102. The van der Waals surface area contributed by atoms with Crippen molar-refractivity contribution in [1.29, 1.82) is 0 Å². The molecule has 166 valence electrons. The number of rotatable bonds is 5. The average molecular weight is 442 g/mol. The Morgan fingerprint density at radius 2 is 1.26 bits per heavy atom. The molecular formula is C24H31N3O3S. The summed E-state index contributed by atoms with van der Waals surface area (Å²) in [6, 6.07) is 14.2. The van der Waals surface area contributed by atoms with Crippen LogP contribution in [0.25, 0.3) is 0 Å². The van der Waals surface area contributed by atoms with Crippen molar-refractivity contribution in [1.82, 2.24) is 4.31 Å². The topological polar surface area (TPSA) is 69.7 Å². The molecule has 2 aliphatic rings. The number of piperidine rings is 1. The zero-order valence-corrected chi connectivity index (χ0v) is 18.7. The summed E-state index contributed by atoms with van der Waals surface area (Å²) in [6.45, 7) is 3.29. The Kier molecular flexibility index (Phi) is 6.92. The maximum absolute atomic E-state index is 12.9. The summed E-state index contributed by atoms with van der Waals surface area (Å²) in [4.78, 5) is 15.2. The highest BCUT2D eigenvalue weighted by molar-refractivity contribution is 7.89. The molecule has 0 spiro atoms. The maximum Gasteiger partial charge on any atom is 0.255 e. The standard InChI is InChI=1S/C24H31N3O3S/c28-24(20-8-12-22(13-9-20)26-16-4-3-5-17-26)25-21-10-14-23(15-11-21)31(29,30)27-18-6-1-2-7-19-27/h8-15H,1-7,16-19H2,(H,25,28). The largest absolute Gasteiger partial charge is 0.372 e. The van der Waals surface area contributed by atoms with Gasteiger partial charge in [0.25, 0.3) is 5.91 Å². The van der Waals surface area contributed by atoms with Crippen LogP contribution in [-0.2, 0) is 10.0 Å². The first-order valence-corrected chi connectivity index (χ1v) is 12.7. The molecule has 0 saturated carbocycles. The van der Waals surface area contributed by atoms with Crippen molar-refractivity contribution in [3.8, 4) is 0 Å². The lowest BCUT2D eigenvalue weighted by Crippen LogP contribution is -2.31. The molecule has 0 unspecified atom stereocenters. The van der Waals surface area contributed by atoms with E-state index < -0.39 is 10.0 Å². The van der Waals surface area contributed by atoms with Crippen LogP contribution < -0.4 is 10.2 Å². The van der Waals surface area contributed by atoms with Gasteiger partial charge in [0.15, 0.2) is 0 Å². The van der Waals surface area contributed by atoms with Gasteiger partial charge in [-0.25, -0.2) is 8.42 Å². The summed E-state index contributed by atoms with van der Waals surface area (Å²) in [5.74, 6) is -0.201. The van der Waals surface area contributed by atoms with E-state index in [-0.39, 0.29) is 10.8 Å². The number of hydrogen-bond donors (Lipinski definition) is 1. The fourth-order valence-electron chi connectivity index (χ4n) is 4.32. The van der Waals surface area contributed by atoms with E-state index in [9.17, 15) is 13.2 Å². The number of hydrogen-bond acceptors (Lipinski definition) is 4. The van der Waals surface area contributed by atoms with Crippen LogP contribution in [0.1, 0.15) is 55.3 Å². The van der Waals surface area contributed by atoms with Crippen molar-refractivity contribution >= 4 is 27.3 Å². The highest BCUT2D eigenvalue weighted by Crippen LogP contribution is 2.23. The summed E-state index contributed by atoms with van der Waals surface area (Å²) >= 11 is 0. The SMILES string of the molecule is O=C(Nc1ccc(S(=O)(=O)N2CCCCCC2)cc1)c1ccc(N2CCCCC2)cc1. The molecule has 7 heteroatoms. The van der Waals surface area contributed by atoms with Crippen LogP contribution in [0.5, 0.6) is 0 Å². The smallest absolute Gasteiger partial charge is 0.255 e. The molecular weight excluding hydrogens is 410 g/mol. The van der Waals surface area contributed by atoms with Gasteiger partial charge in [0.05, 0.1) is 4.90 Å². The van der Waals surface area contributed by atoms with E-state index in [2.05, 4.69) is 10.2 Å². The molecule has 4 rings (SSSR count). The zero-order chi connectivity index (χ0) is 21.7. The van der Waals surface area contributed by atoms with Crippen molar-refractivity contribution in [3.05, 3.63) is 54.1 Å². The number of carbonyl (C=O) groups excluding carboxylic acids is 1. The monoisotopic (exact) mass is 441 g/mol. The predicted octanol–water partition coefficient (Wildman–Crippen LogP) is 4.49. The van der Waals surface area contributed by atoms with Crippen LogP contribution in [0.3, 0.4) is 0 Å². The van der Waals surface area contributed by atoms with Gasteiger partial charge >= 0.3 is 0 Å². The van der Waals surface area contributed by atoms with Crippen molar-refractivity contribution in [2.75, 3.05) is 36.4 Å². The average Bonchev–Trinajstić information content (AvgIpc) is 3.10. The van der Waals surface area contributed by atoms with Gasteiger partial charge in [-0.3, -0.25) is 4.79 Å². The van der Waals surface area contributed by atoms with E-state index in [4.69, 9.17) is 0 Å². The van der Waals surface area contributed by atoms with Gasteiger partial charge in [0, 0.05) is 43.1 Å². The van der Waals surface area contributed by atoms with Gasteiger partial charge in [-0.15, -0.1) is 0 Å². The van der Waals surface area contributed by atoms with E-state index in [0.29, 0.717) is 24.3 Å². The molecule has 0 aromatic heterocycles. The summed E-state index contributed by atoms with van der Waals surface area (Å²) in [5.41, 5.74) is 2.32. The van der Waals surface area contributed by atoms with Crippen molar-refractivity contribution in [3.63, 3.8) is 0 Å². The molecule has 2 aliphatic heterocycles. The molecule has 1 amide bonds. The molecule has 2 aromatic carbocycles. The summed E-state index contributed by atoms with van der Waals surface area (Å²) in [5, 5.41) is 2.86. The third kappa shape index (κ3) is 5.28. The van der Waals surface area contributed by atoms with Crippen LogP contribution >= 0.6 is 0 Å². The lowest BCUT2D eigenvalue weighted by Gasteiger charge is -2.28. The quantitative estimate of drug-likeness (QED) is 0.742. The minimum absolute atomic E-state index is 0.201.